The Morgan fingerprint density at radius 2 is 1.93 bits per heavy atom. The number of hydrogen-bond acceptors (Lipinski definition) is 4. The van der Waals surface area contributed by atoms with Crippen molar-refractivity contribution in [1.29, 1.82) is 0 Å². The van der Waals surface area contributed by atoms with Crippen molar-refractivity contribution in [2.75, 3.05) is 7.11 Å². The van der Waals surface area contributed by atoms with E-state index < -0.39 is 0 Å². The van der Waals surface area contributed by atoms with Crippen molar-refractivity contribution in [3.63, 3.8) is 0 Å². The number of carbonyl (C=O) groups is 2. The third-order valence-electron chi connectivity index (χ3n) is 1.57. The molecule has 0 heterocycles. The molecule has 0 radical (unpaired) electrons. The van der Waals surface area contributed by atoms with Gasteiger partial charge in [-0.2, -0.15) is 0 Å². The van der Waals surface area contributed by atoms with Crippen LogP contribution in [0.2, 0.25) is 0 Å². The summed E-state index contributed by atoms with van der Waals surface area (Å²) in [6, 6.07) is 0. The molecule has 4 heteroatoms. The van der Waals surface area contributed by atoms with Gasteiger partial charge in [0.25, 0.3) is 0 Å². The first-order valence-electron chi connectivity index (χ1n) is 4.58. The fraction of sp³-hybridized carbons (Fsp3) is 0.455. The van der Waals surface area contributed by atoms with E-state index in [4.69, 9.17) is 4.74 Å². The summed E-state index contributed by atoms with van der Waals surface area (Å²) in [5.41, 5.74) is 0.433. The van der Waals surface area contributed by atoms with Crippen molar-refractivity contribution >= 4 is 11.9 Å². The van der Waals surface area contributed by atoms with Gasteiger partial charge in [-0.3, -0.25) is 4.79 Å². The predicted octanol–water partition coefficient (Wildman–Crippen LogP) is 1.96. The Labute approximate surface area is 89.6 Å². The van der Waals surface area contributed by atoms with Gasteiger partial charge in [-0.25, -0.2) is 4.79 Å². The van der Waals surface area contributed by atoms with Crippen LogP contribution in [0, 0.1) is 0 Å². The first-order valence-corrected chi connectivity index (χ1v) is 4.58. The molecule has 0 N–H and O–H groups in total. The molecular formula is C11H16O4. The van der Waals surface area contributed by atoms with Crippen LogP contribution in [0.5, 0.6) is 0 Å². The molecule has 0 bridgehead atoms. The van der Waals surface area contributed by atoms with Crippen molar-refractivity contribution in [1.82, 2.24) is 0 Å². The highest BCUT2D eigenvalue weighted by Gasteiger charge is 2.07. The van der Waals surface area contributed by atoms with Crippen molar-refractivity contribution < 1.29 is 19.1 Å². The van der Waals surface area contributed by atoms with Crippen LogP contribution in [0.25, 0.3) is 0 Å². The molecule has 0 saturated heterocycles. The van der Waals surface area contributed by atoms with Crippen LogP contribution in [0.1, 0.15) is 26.7 Å². The van der Waals surface area contributed by atoms with Gasteiger partial charge in [0.1, 0.15) is 5.76 Å². The Morgan fingerprint density at radius 3 is 2.00 bits per heavy atom. The summed E-state index contributed by atoms with van der Waals surface area (Å²) < 4.78 is 8.98. The lowest BCUT2D eigenvalue weighted by atomic mass is 10.1. The van der Waals surface area contributed by atoms with Crippen LogP contribution < -0.4 is 0 Å². The molecule has 0 atom stereocenters. The Morgan fingerprint density at radius 1 is 1.40 bits per heavy atom. The molecule has 0 unspecified atom stereocenters. The molecular weight excluding hydrogens is 196 g/mol. The SMILES string of the molecule is C=C(C)C(=O)OC.CC(=O)OC1=CCC1. The number of methoxy groups -OCH3 is 1. The third-order valence-corrected chi connectivity index (χ3v) is 1.57. The zero-order valence-electron chi connectivity index (χ0n) is 9.33. The van der Waals surface area contributed by atoms with Crippen molar-refractivity contribution in [3.8, 4) is 0 Å². The van der Waals surface area contributed by atoms with Crippen LogP contribution >= 0.6 is 0 Å². The summed E-state index contributed by atoms with van der Waals surface area (Å²) in [6.07, 6.45) is 3.91. The molecule has 0 spiro atoms. The van der Waals surface area contributed by atoms with Gasteiger partial charge in [-0.1, -0.05) is 6.58 Å². The second kappa shape index (κ2) is 6.81. The van der Waals surface area contributed by atoms with E-state index in [1.807, 2.05) is 6.08 Å². The van der Waals surface area contributed by atoms with Crippen LogP contribution in [0.15, 0.2) is 24.0 Å². The zero-order valence-corrected chi connectivity index (χ0v) is 9.33. The lowest BCUT2D eigenvalue weighted by Crippen LogP contribution is -2.03. The van der Waals surface area contributed by atoms with E-state index in [1.54, 1.807) is 6.92 Å². The molecule has 4 nitrogen and oxygen atoms in total. The molecule has 0 aromatic carbocycles. The maximum atomic E-state index is 10.2. The average Bonchev–Trinajstić information content (AvgIpc) is 2.11. The van der Waals surface area contributed by atoms with Gasteiger partial charge in [0.2, 0.25) is 0 Å². The number of allylic oxidation sites excluding steroid dienone is 2. The van der Waals surface area contributed by atoms with E-state index in [2.05, 4.69) is 11.3 Å². The largest absolute Gasteiger partial charge is 0.466 e. The van der Waals surface area contributed by atoms with E-state index in [9.17, 15) is 9.59 Å². The highest BCUT2D eigenvalue weighted by molar-refractivity contribution is 5.86. The normalized spacial score (nSPS) is 12.3. The van der Waals surface area contributed by atoms with Crippen molar-refractivity contribution in [3.05, 3.63) is 24.0 Å². The highest BCUT2D eigenvalue weighted by atomic mass is 16.5. The fourth-order valence-corrected chi connectivity index (χ4v) is 0.714. The van der Waals surface area contributed by atoms with Crippen LogP contribution in [-0.4, -0.2) is 19.0 Å². The van der Waals surface area contributed by atoms with Gasteiger partial charge in [0.05, 0.1) is 7.11 Å². The Bertz CT molecular complexity index is 289. The van der Waals surface area contributed by atoms with E-state index in [0.717, 1.165) is 18.6 Å². The summed E-state index contributed by atoms with van der Waals surface area (Å²) in [6.45, 7) is 6.37. The molecule has 0 fully saturated rings. The fourth-order valence-electron chi connectivity index (χ4n) is 0.714. The molecule has 1 aliphatic rings. The highest BCUT2D eigenvalue weighted by Crippen LogP contribution is 2.18. The lowest BCUT2D eigenvalue weighted by molar-refractivity contribution is -0.137. The van der Waals surface area contributed by atoms with Crippen molar-refractivity contribution in [2.24, 2.45) is 0 Å². The van der Waals surface area contributed by atoms with Gasteiger partial charge >= 0.3 is 11.9 Å². The third kappa shape index (κ3) is 6.49. The minimum atomic E-state index is -0.347. The van der Waals surface area contributed by atoms with E-state index in [-0.39, 0.29) is 11.9 Å². The first kappa shape index (κ1) is 13.4. The summed E-state index contributed by atoms with van der Waals surface area (Å²) in [7, 11) is 1.33. The van der Waals surface area contributed by atoms with Gasteiger partial charge in [0, 0.05) is 18.9 Å². The van der Waals surface area contributed by atoms with Gasteiger partial charge in [-0.05, 0) is 19.4 Å². The molecule has 0 amide bonds. The second-order valence-electron chi connectivity index (χ2n) is 3.07. The summed E-state index contributed by atoms with van der Waals surface area (Å²) in [5, 5.41) is 0. The smallest absolute Gasteiger partial charge is 0.332 e. The quantitative estimate of drug-likeness (QED) is 0.518. The zero-order chi connectivity index (χ0) is 11.8. The van der Waals surface area contributed by atoms with Gasteiger partial charge < -0.3 is 9.47 Å². The Balaban J connectivity index is 0.000000265. The Hall–Kier alpha value is -1.58. The molecule has 1 rings (SSSR count). The molecule has 0 aliphatic heterocycles. The van der Waals surface area contributed by atoms with Gasteiger partial charge in [0.15, 0.2) is 0 Å². The number of rotatable bonds is 2. The van der Waals surface area contributed by atoms with E-state index in [0.29, 0.717) is 5.57 Å². The molecule has 0 saturated carbocycles. The van der Waals surface area contributed by atoms with E-state index >= 15 is 0 Å². The summed E-state index contributed by atoms with van der Waals surface area (Å²) in [5.74, 6) is 0.272. The summed E-state index contributed by atoms with van der Waals surface area (Å²) in [4.78, 5) is 20.4. The second-order valence-corrected chi connectivity index (χ2v) is 3.07. The predicted molar refractivity (Wildman–Crippen MR) is 55.9 cm³/mol. The van der Waals surface area contributed by atoms with E-state index in [1.165, 1.54) is 14.0 Å². The number of esters is 2. The topological polar surface area (TPSA) is 52.6 Å². The standard InChI is InChI=1S/C6H8O2.C5H8O2/c1-5(7)8-6-3-2-4-6;1-4(2)5(6)7-3/h3H,2,4H2,1H3;1H2,2-3H3. The maximum Gasteiger partial charge on any atom is 0.332 e. The first-order chi connectivity index (χ1) is 6.97. The molecule has 0 aromatic heterocycles. The molecule has 0 aromatic rings. The Kier molecular flexibility index (Phi) is 6.09. The maximum absolute atomic E-state index is 10.2. The number of carbonyl (C=O) groups excluding carboxylic acids is 2. The lowest BCUT2D eigenvalue weighted by Gasteiger charge is -2.11. The van der Waals surface area contributed by atoms with Gasteiger partial charge in [-0.15, -0.1) is 0 Å². The van der Waals surface area contributed by atoms with Crippen LogP contribution in [0.3, 0.4) is 0 Å². The molecule has 15 heavy (non-hydrogen) atoms. The minimum Gasteiger partial charge on any atom is -0.466 e. The average molecular weight is 212 g/mol. The van der Waals surface area contributed by atoms with Crippen LogP contribution in [-0.2, 0) is 19.1 Å². The number of ether oxygens (including phenoxy) is 2. The van der Waals surface area contributed by atoms with Crippen molar-refractivity contribution in [2.45, 2.75) is 26.7 Å². The molecule has 84 valence electrons. The number of hydrogen-bond donors (Lipinski definition) is 0. The monoisotopic (exact) mass is 212 g/mol. The van der Waals surface area contributed by atoms with Crippen LogP contribution in [0.4, 0.5) is 0 Å². The molecule has 1 aliphatic carbocycles. The minimum absolute atomic E-state index is 0.212. The summed E-state index contributed by atoms with van der Waals surface area (Å²) >= 11 is 0.